The third-order valence-electron chi connectivity index (χ3n) is 3.70. The van der Waals surface area contributed by atoms with Crippen LogP contribution in [-0.4, -0.2) is 31.3 Å². The number of thioether (sulfide) groups is 1. The zero-order chi connectivity index (χ0) is 16.4. The Morgan fingerprint density at radius 3 is 2.35 bits per heavy atom. The molecule has 23 heavy (non-hydrogen) atoms. The molecule has 1 amide bonds. The number of amides is 1. The van der Waals surface area contributed by atoms with Gasteiger partial charge in [0.1, 0.15) is 17.6 Å². The maximum Gasteiger partial charge on any atom is 0.254 e. The second-order valence-corrected chi connectivity index (χ2v) is 6.29. The molecular weight excluding hydrogens is 314 g/mol. The average Bonchev–Trinajstić information content (AvgIpc) is 2.71. The van der Waals surface area contributed by atoms with E-state index in [-0.39, 0.29) is 0 Å². The van der Waals surface area contributed by atoms with E-state index in [0.717, 1.165) is 16.2 Å². The van der Waals surface area contributed by atoms with E-state index in [4.69, 9.17) is 9.47 Å². The van der Waals surface area contributed by atoms with Crippen molar-refractivity contribution in [3.63, 3.8) is 0 Å². The minimum Gasteiger partial charge on any atom is -0.497 e. The number of aliphatic hydroxyl groups is 1. The summed E-state index contributed by atoms with van der Waals surface area (Å²) < 4.78 is 10.4. The van der Waals surface area contributed by atoms with Crippen LogP contribution in [0.2, 0.25) is 0 Å². The van der Waals surface area contributed by atoms with Crippen LogP contribution in [0.4, 0.5) is 5.69 Å². The summed E-state index contributed by atoms with van der Waals surface area (Å²) in [6, 6.07) is 12.8. The first-order valence-corrected chi connectivity index (χ1v) is 7.98. The molecule has 1 aliphatic heterocycles. The highest BCUT2D eigenvalue weighted by molar-refractivity contribution is 7.99. The van der Waals surface area contributed by atoms with E-state index in [2.05, 4.69) is 5.32 Å². The number of hydrogen-bond acceptors (Lipinski definition) is 5. The Bertz CT molecular complexity index is 717. The summed E-state index contributed by atoms with van der Waals surface area (Å²) in [6.07, 6.45) is -1.15. The number of carbonyl (C=O) groups excluding carboxylic acids is 1. The Hall–Kier alpha value is -2.18. The Labute approximate surface area is 138 Å². The maximum atomic E-state index is 12.2. The molecule has 6 heteroatoms. The molecule has 2 aromatic rings. The molecule has 0 radical (unpaired) electrons. The number of nitrogens with one attached hydrogen (secondary N) is 1. The first kappa shape index (κ1) is 15.7. The van der Waals surface area contributed by atoms with Crippen LogP contribution in [0.15, 0.2) is 47.4 Å². The summed E-state index contributed by atoms with van der Waals surface area (Å²) >= 11 is 1.43. The zero-order valence-electron chi connectivity index (χ0n) is 12.8. The number of ether oxygens (including phenoxy) is 2. The number of hydrogen-bond donors (Lipinski definition) is 2. The maximum absolute atomic E-state index is 12.2. The van der Waals surface area contributed by atoms with Crippen LogP contribution >= 0.6 is 11.8 Å². The molecule has 1 aliphatic rings. The summed E-state index contributed by atoms with van der Waals surface area (Å²) in [5.41, 5.74) is 1.53. The normalized spacial score (nSPS) is 20.2. The second-order valence-electron chi connectivity index (χ2n) is 5.11. The number of benzene rings is 2. The number of methoxy groups -OCH3 is 2. The highest BCUT2D eigenvalue weighted by Crippen LogP contribution is 2.45. The van der Waals surface area contributed by atoms with Gasteiger partial charge in [-0.1, -0.05) is 12.1 Å². The van der Waals surface area contributed by atoms with Gasteiger partial charge in [0.2, 0.25) is 0 Å². The fourth-order valence-corrected chi connectivity index (χ4v) is 3.67. The lowest BCUT2D eigenvalue weighted by Gasteiger charge is -2.19. The van der Waals surface area contributed by atoms with Crippen LogP contribution in [0.1, 0.15) is 10.8 Å². The summed E-state index contributed by atoms with van der Waals surface area (Å²) in [4.78, 5) is 13.1. The van der Waals surface area contributed by atoms with Gasteiger partial charge >= 0.3 is 0 Å². The van der Waals surface area contributed by atoms with Gasteiger partial charge in [0.15, 0.2) is 0 Å². The number of aliphatic hydroxyl groups excluding tert-OH is 1. The molecule has 0 saturated carbocycles. The van der Waals surface area contributed by atoms with Gasteiger partial charge in [-0.2, -0.15) is 0 Å². The van der Waals surface area contributed by atoms with E-state index in [0.29, 0.717) is 11.4 Å². The molecule has 0 aromatic heterocycles. The molecule has 3 rings (SSSR count). The summed E-state index contributed by atoms with van der Waals surface area (Å²) in [6.45, 7) is 0. The predicted molar refractivity (Wildman–Crippen MR) is 89.2 cm³/mol. The molecule has 0 spiro atoms. The SMILES string of the molecule is COc1ccc([C@@H]2Sc3cc(OC)ccc3NC(=O)[C@@H]2O)cc1. The summed E-state index contributed by atoms with van der Waals surface area (Å²) in [7, 11) is 3.19. The lowest BCUT2D eigenvalue weighted by Crippen LogP contribution is -2.30. The van der Waals surface area contributed by atoms with Crippen LogP contribution in [-0.2, 0) is 4.79 Å². The van der Waals surface area contributed by atoms with Crippen molar-refractivity contribution in [2.75, 3.05) is 19.5 Å². The molecular formula is C17H17NO4S. The molecule has 2 atom stereocenters. The minimum absolute atomic E-state index is 0.408. The van der Waals surface area contributed by atoms with Gasteiger partial charge in [0.25, 0.3) is 5.91 Å². The van der Waals surface area contributed by atoms with Crippen LogP contribution in [0.25, 0.3) is 0 Å². The topological polar surface area (TPSA) is 67.8 Å². The molecule has 0 bridgehead atoms. The van der Waals surface area contributed by atoms with Crippen molar-refractivity contribution in [2.24, 2.45) is 0 Å². The van der Waals surface area contributed by atoms with Crippen molar-refractivity contribution in [2.45, 2.75) is 16.2 Å². The van der Waals surface area contributed by atoms with E-state index in [9.17, 15) is 9.90 Å². The monoisotopic (exact) mass is 331 g/mol. The van der Waals surface area contributed by atoms with Gasteiger partial charge in [-0.25, -0.2) is 0 Å². The van der Waals surface area contributed by atoms with Gasteiger partial charge in [-0.3, -0.25) is 4.79 Å². The molecule has 0 aliphatic carbocycles. The van der Waals surface area contributed by atoms with Crippen LogP contribution in [0.3, 0.4) is 0 Å². The predicted octanol–water partition coefficient (Wildman–Crippen LogP) is 2.85. The van der Waals surface area contributed by atoms with Crippen molar-refractivity contribution >= 4 is 23.4 Å². The highest BCUT2D eigenvalue weighted by atomic mass is 32.2. The molecule has 0 unspecified atom stereocenters. The third kappa shape index (κ3) is 3.13. The quantitative estimate of drug-likeness (QED) is 0.905. The first-order valence-electron chi connectivity index (χ1n) is 7.10. The Morgan fingerprint density at radius 1 is 1.04 bits per heavy atom. The number of anilines is 1. The van der Waals surface area contributed by atoms with Crippen LogP contribution in [0.5, 0.6) is 11.5 Å². The zero-order valence-corrected chi connectivity index (χ0v) is 13.6. The van der Waals surface area contributed by atoms with E-state index < -0.39 is 17.3 Å². The van der Waals surface area contributed by atoms with E-state index in [1.165, 1.54) is 11.8 Å². The van der Waals surface area contributed by atoms with Gasteiger partial charge in [-0.15, -0.1) is 11.8 Å². The summed E-state index contributed by atoms with van der Waals surface area (Å²) in [5, 5.41) is 12.7. The van der Waals surface area contributed by atoms with Crippen molar-refractivity contribution < 1.29 is 19.4 Å². The van der Waals surface area contributed by atoms with E-state index in [1.807, 2.05) is 30.3 Å². The number of fused-ring (bicyclic) bond motifs is 1. The Balaban J connectivity index is 1.99. The first-order chi connectivity index (χ1) is 11.1. The summed E-state index contributed by atoms with van der Waals surface area (Å²) in [5.74, 6) is 1.02. The van der Waals surface area contributed by atoms with Gasteiger partial charge < -0.3 is 19.9 Å². The van der Waals surface area contributed by atoms with Crippen molar-refractivity contribution in [3.8, 4) is 11.5 Å². The van der Waals surface area contributed by atoms with Gasteiger partial charge in [0, 0.05) is 4.90 Å². The molecule has 120 valence electrons. The number of rotatable bonds is 3. The van der Waals surface area contributed by atoms with E-state index in [1.54, 1.807) is 26.4 Å². The molecule has 0 fully saturated rings. The Kier molecular flexibility index (Phi) is 4.45. The fourth-order valence-electron chi connectivity index (χ4n) is 2.42. The van der Waals surface area contributed by atoms with Crippen molar-refractivity contribution in [3.05, 3.63) is 48.0 Å². The molecule has 2 N–H and O–H groups in total. The minimum atomic E-state index is -1.15. The lowest BCUT2D eigenvalue weighted by molar-refractivity contribution is -0.124. The van der Waals surface area contributed by atoms with E-state index >= 15 is 0 Å². The smallest absolute Gasteiger partial charge is 0.254 e. The largest absolute Gasteiger partial charge is 0.497 e. The molecule has 2 aromatic carbocycles. The molecule has 0 saturated heterocycles. The lowest BCUT2D eigenvalue weighted by atomic mass is 10.1. The van der Waals surface area contributed by atoms with Gasteiger partial charge in [0.05, 0.1) is 25.2 Å². The standard InChI is InChI=1S/C17H17NO4S/c1-21-11-5-3-10(4-6-11)16-15(19)17(20)18-13-8-7-12(22-2)9-14(13)23-16/h3-9,15-16,19H,1-2H3,(H,18,20)/t15-,16+/m1/s1. The molecule has 5 nitrogen and oxygen atoms in total. The Morgan fingerprint density at radius 2 is 1.70 bits per heavy atom. The fraction of sp³-hybridized carbons (Fsp3) is 0.235. The van der Waals surface area contributed by atoms with Crippen molar-refractivity contribution in [1.82, 2.24) is 0 Å². The molecule has 1 heterocycles. The number of carbonyl (C=O) groups is 1. The van der Waals surface area contributed by atoms with Crippen LogP contribution in [0, 0.1) is 0 Å². The van der Waals surface area contributed by atoms with Crippen LogP contribution < -0.4 is 14.8 Å². The highest BCUT2D eigenvalue weighted by Gasteiger charge is 2.33. The third-order valence-corrected chi connectivity index (χ3v) is 5.08. The van der Waals surface area contributed by atoms with Gasteiger partial charge in [-0.05, 0) is 35.9 Å². The van der Waals surface area contributed by atoms with Crippen molar-refractivity contribution in [1.29, 1.82) is 0 Å². The second kappa shape index (κ2) is 6.52. The average molecular weight is 331 g/mol.